The highest BCUT2D eigenvalue weighted by molar-refractivity contribution is 6.30. The van der Waals surface area contributed by atoms with Gasteiger partial charge in [-0.15, -0.1) is 0 Å². The van der Waals surface area contributed by atoms with Gasteiger partial charge in [0.05, 0.1) is 0 Å². The smallest absolute Gasteiger partial charge is 0.325 e. The Morgan fingerprint density at radius 3 is 2.32 bits per heavy atom. The van der Waals surface area contributed by atoms with Crippen LogP contribution in [0.3, 0.4) is 0 Å². The molecule has 0 aliphatic carbocycles. The number of hydrogen-bond donors (Lipinski definition) is 1. The number of carbonyl (C=O) groups excluding carboxylic acids is 3. The van der Waals surface area contributed by atoms with Crippen molar-refractivity contribution < 1.29 is 19.1 Å². The molecular formula is C25H29ClN4O4. The van der Waals surface area contributed by atoms with Crippen LogP contribution in [0, 0.1) is 6.92 Å². The Balaban J connectivity index is 1.25. The molecule has 0 saturated carbocycles. The number of urea groups is 1. The lowest BCUT2D eigenvalue weighted by Crippen LogP contribution is -2.52. The van der Waals surface area contributed by atoms with Crippen molar-refractivity contribution in [1.29, 1.82) is 0 Å². The van der Waals surface area contributed by atoms with Gasteiger partial charge in [0.25, 0.3) is 5.91 Å². The van der Waals surface area contributed by atoms with Crippen molar-refractivity contribution >= 4 is 29.4 Å². The molecule has 1 N–H and O–H groups in total. The van der Waals surface area contributed by atoms with Crippen LogP contribution in [-0.4, -0.2) is 78.4 Å². The zero-order valence-electron chi connectivity index (χ0n) is 19.4. The predicted octanol–water partition coefficient (Wildman–Crippen LogP) is 2.64. The zero-order valence-corrected chi connectivity index (χ0v) is 20.2. The molecule has 34 heavy (non-hydrogen) atoms. The van der Waals surface area contributed by atoms with E-state index in [1.165, 1.54) is 0 Å². The van der Waals surface area contributed by atoms with E-state index in [9.17, 15) is 14.4 Å². The van der Waals surface area contributed by atoms with Crippen LogP contribution in [0.5, 0.6) is 5.75 Å². The molecule has 2 aromatic rings. The molecular weight excluding hydrogens is 456 g/mol. The molecule has 0 spiro atoms. The molecule has 8 nitrogen and oxygen atoms in total. The number of amides is 4. The van der Waals surface area contributed by atoms with Crippen molar-refractivity contribution in [3.8, 4) is 5.75 Å². The van der Waals surface area contributed by atoms with E-state index in [0.717, 1.165) is 22.8 Å². The van der Waals surface area contributed by atoms with E-state index in [2.05, 4.69) is 10.2 Å². The molecule has 0 aromatic heterocycles. The second-order valence-corrected chi connectivity index (χ2v) is 9.27. The fourth-order valence-electron chi connectivity index (χ4n) is 4.20. The topological polar surface area (TPSA) is 82.2 Å². The first-order valence-corrected chi connectivity index (χ1v) is 11.7. The number of piperazine rings is 1. The number of nitrogens with zero attached hydrogens (tertiary/aromatic N) is 3. The molecule has 1 unspecified atom stereocenters. The van der Waals surface area contributed by atoms with Crippen molar-refractivity contribution in [2.24, 2.45) is 0 Å². The van der Waals surface area contributed by atoms with Gasteiger partial charge >= 0.3 is 6.03 Å². The van der Waals surface area contributed by atoms with Crippen LogP contribution in [0.15, 0.2) is 48.5 Å². The third kappa shape index (κ3) is 5.18. The normalized spacial score (nSPS) is 21.0. The van der Waals surface area contributed by atoms with Gasteiger partial charge in [0, 0.05) is 37.7 Å². The molecule has 0 radical (unpaired) electrons. The third-order valence-corrected chi connectivity index (χ3v) is 6.66. The Bertz CT molecular complexity index is 1050. The lowest BCUT2D eigenvalue weighted by atomic mass is 9.91. The average Bonchev–Trinajstić information content (AvgIpc) is 3.05. The summed E-state index contributed by atoms with van der Waals surface area (Å²) in [6, 6.07) is 14.1. The number of carbonyl (C=O) groups is 3. The molecule has 4 rings (SSSR count). The van der Waals surface area contributed by atoms with Gasteiger partial charge in [-0.3, -0.25) is 19.4 Å². The number of hydrogen-bond acceptors (Lipinski definition) is 5. The van der Waals surface area contributed by atoms with E-state index in [0.29, 0.717) is 43.4 Å². The summed E-state index contributed by atoms with van der Waals surface area (Å²) in [7, 11) is 0. The molecule has 4 amide bonds. The van der Waals surface area contributed by atoms with E-state index in [-0.39, 0.29) is 12.5 Å². The lowest BCUT2D eigenvalue weighted by Gasteiger charge is -2.35. The Kier molecular flexibility index (Phi) is 7.09. The number of imide groups is 1. The Hall–Kier alpha value is -3.10. The second kappa shape index (κ2) is 10.0. The fourth-order valence-corrected chi connectivity index (χ4v) is 4.33. The molecule has 2 aliphatic rings. The van der Waals surface area contributed by atoms with Gasteiger partial charge in [0.2, 0.25) is 5.91 Å². The van der Waals surface area contributed by atoms with Gasteiger partial charge in [0.1, 0.15) is 24.4 Å². The quantitative estimate of drug-likeness (QED) is 0.611. The van der Waals surface area contributed by atoms with Gasteiger partial charge in [0.15, 0.2) is 0 Å². The van der Waals surface area contributed by atoms with Crippen LogP contribution in [0.2, 0.25) is 5.02 Å². The first-order valence-electron chi connectivity index (χ1n) is 11.4. The maximum absolute atomic E-state index is 13.1. The zero-order chi connectivity index (χ0) is 24.3. The van der Waals surface area contributed by atoms with Crippen molar-refractivity contribution in [3.63, 3.8) is 0 Å². The van der Waals surface area contributed by atoms with E-state index in [1.807, 2.05) is 43.3 Å². The van der Waals surface area contributed by atoms with Crippen molar-refractivity contribution in [3.05, 3.63) is 64.7 Å². The predicted molar refractivity (Wildman–Crippen MR) is 129 cm³/mol. The van der Waals surface area contributed by atoms with Crippen LogP contribution in [0.4, 0.5) is 4.79 Å². The molecule has 2 aromatic carbocycles. The second-order valence-electron chi connectivity index (χ2n) is 8.84. The number of halogens is 1. The van der Waals surface area contributed by atoms with E-state index in [1.54, 1.807) is 24.0 Å². The number of rotatable bonds is 7. The number of aryl methyl sites for hydroxylation is 1. The highest BCUT2D eigenvalue weighted by Crippen LogP contribution is 2.29. The minimum absolute atomic E-state index is 0.228. The van der Waals surface area contributed by atoms with Crippen molar-refractivity contribution in [1.82, 2.24) is 20.0 Å². The van der Waals surface area contributed by atoms with E-state index < -0.39 is 17.5 Å². The first kappa shape index (κ1) is 24.0. The summed E-state index contributed by atoms with van der Waals surface area (Å²) in [5.41, 5.74) is 0.584. The molecule has 1 atom stereocenters. The van der Waals surface area contributed by atoms with Gasteiger partial charge < -0.3 is 15.0 Å². The SMILES string of the molecule is Cc1ccc(C2(C)NC(=O)N(CC(=O)N3CCN(CCOc4ccc(Cl)cc4)CC3)C2=O)cc1. The summed E-state index contributed by atoms with van der Waals surface area (Å²) in [6.45, 7) is 7.14. The molecule has 180 valence electrons. The van der Waals surface area contributed by atoms with Crippen LogP contribution in [0.1, 0.15) is 18.1 Å². The Morgan fingerprint density at radius 1 is 1.03 bits per heavy atom. The minimum atomic E-state index is -1.17. The fraction of sp³-hybridized carbons (Fsp3) is 0.400. The summed E-state index contributed by atoms with van der Waals surface area (Å²) < 4.78 is 5.74. The van der Waals surface area contributed by atoms with Gasteiger partial charge in [-0.25, -0.2) is 4.79 Å². The van der Waals surface area contributed by atoms with Gasteiger partial charge in [-0.2, -0.15) is 0 Å². The number of nitrogens with one attached hydrogen (secondary N) is 1. The van der Waals surface area contributed by atoms with Crippen LogP contribution in [-0.2, 0) is 15.1 Å². The summed E-state index contributed by atoms with van der Waals surface area (Å²) in [5, 5.41) is 3.43. The molecule has 0 bridgehead atoms. The lowest BCUT2D eigenvalue weighted by molar-refractivity contribution is -0.139. The highest BCUT2D eigenvalue weighted by Gasteiger charge is 2.49. The molecule has 2 aliphatic heterocycles. The van der Waals surface area contributed by atoms with Crippen LogP contribution >= 0.6 is 11.6 Å². The highest BCUT2D eigenvalue weighted by atomic mass is 35.5. The summed E-state index contributed by atoms with van der Waals surface area (Å²) in [5.74, 6) is 0.130. The van der Waals surface area contributed by atoms with Crippen LogP contribution < -0.4 is 10.1 Å². The first-order chi connectivity index (χ1) is 16.3. The molecule has 2 heterocycles. The van der Waals surface area contributed by atoms with Crippen LogP contribution in [0.25, 0.3) is 0 Å². The van der Waals surface area contributed by atoms with Crippen molar-refractivity contribution in [2.45, 2.75) is 19.4 Å². The van der Waals surface area contributed by atoms with Crippen molar-refractivity contribution in [2.75, 3.05) is 45.9 Å². The maximum Gasteiger partial charge on any atom is 0.325 e. The summed E-state index contributed by atoms with van der Waals surface area (Å²) >= 11 is 5.88. The molecule has 2 fully saturated rings. The minimum Gasteiger partial charge on any atom is -0.492 e. The largest absolute Gasteiger partial charge is 0.492 e. The average molecular weight is 485 g/mol. The van der Waals surface area contributed by atoms with E-state index >= 15 is 0 Å². The molecule has 2 saturated heterocycles. The van der Waals surface area contributed by atoms with Gasteiger partial charge in [-0.05, 0) is 43.7 Å². The third-order valence-electron chi connectivity index (χ3n) is 6.41. The molecule has 9 heteroatoms. The number of ether oxygens (including phenoxy) is 1. The Morgan fingerprint density at radius 2 is 1.68 bits per heavy atom. The van der Waals surface area contributed by atoms with E-state index in [4.69, 9.17) is 16.3 Å². The summed E-state index contributed by atoms with van der Waals surface area (Å²) in [6.07, 6.45) is 0. The standard InChI is InChI=1S/C25H29ClN4O4/c1-18-3-5-19(6-4-18)25(2)23(32)30(24(33)27-25)17-22(31)29-13-11-28(12-14-29)15-16-34-21-9-7-20(26)8-10-21/h3-10H,11-17H2,1-2H3,(H,27,33). The van der Waals surface area contributed by atoms with Gasteiger partial charge in [-0.1, -0.05) is 41.4 Å². The number of benzene rings is 2. The maximum atomic E-state index is 13.1. The summed E-state index contributed by atoms with van der Waals surface area (Å²) in [4.78, 5) is 43.5. The Labute approximate surface area is 204 Å². The monoisotopic (exact) mass is 484 g/mol.